The van der Waals surface area contributed by atoms with E-state index in [4.69, 9.17) is 14.8 Å². The van der Waals surface area contributed by atoms with E-state index >= 15 is 0 Å². The van der Waals surface area contributed by atoms with Gasteiger partial charge in [-0.1, -0.05) is 12.1 Å². The Bertz CT molecular complexity index is 2620. The maximum Gasteiger partial charge on any atom is 0.300 e. The first-order chi connectivity index (χ1) is 28.9. The number of para-hydroxylation sites is 1. The Morgan fingerprint density at radius 3 is 2.53 bits per heavy atom. The lowest BCUT2D eigenvalue weighted by Crippen LogP contribution is -2.49. The van der Waals surface area contributed by atoms with Crippen LogP contribution in [0.15, 0.2) is 47.4 Å². The molecule has 7 heterocycles. The van der Waals surface area contributed by atoms with Gasteiger partial charge in [0.2, 0.25) is 23.5 Å². The maximum atomic E-state index is 14.6. The Morgan fingerprint density at radius 1 is 1.00 bits per heavy atom. The Balaban J connectivity index is 0.840. The number of fused-ring (bicyclic) bond motifs is 4. The lowest BCUT2D eigenvalue weighted by atomic mass is 9.92. The topological polar surface area (TPSA) is 179 Å². The molecule has 16 nitrogen and oxygen atoms in total. The molecule has 3 fully saturated rings. The molecule has 4 aliphatic rings. The van der Waals surface area contributed by atoms with E-state index < -0.39 is 30.0 Å². The van der Waals surface area contributed by atoms with Gasteiger partial charge in [0.25, 0.3) is 5.56 Å². The van der Waals surface area contributed by atoms with E-state index in [1.165, 1.54) is 17.7 Å². The van der Waals surface area contributed by atoms with Gasteiger partial charge in [-0.15, -0.1) is 0 Å². The van der Waals surface area contributed by atoms with E-state index in [-0.39, 0.29) is 29.2 Å². The minimum Gasteiger partial charge on any atom is -0.480 e. The van der Waals surface area contributed by atoms with Gasteiger partial charge >= 0.3 is 5.92 Å². The van der Waals surface area contributed by atoms with E-state index in [2.05, 4.69) is 47.8 Å². The van der Waals surface area contributed by atoms with Crippen LogP contribution < -0.4 is 36.0 Å². The second kappa shape index (κ2) is 15.4. The van der Waals surface area contributed by atoms with Crippen LogP contribution in [0.2, 0.25) is 0 Å². The van der Waals surface area contributed by atoms with Crippen LogP contribution in [0.4, 0.5) is 37.6 Å². The molecule has 3 N–H and O–H groups in total. The van der Waals surface area contributed by atoms with Gasteiger partial charge < -0.3 is 29.7 Å². The quantitative estimate of drug-likeness (QED) is 0.199. The third-order valence-electron chi connectivity index (χ3n) is 12.5. The standard InChI is InChI=1S/C42H46F2N12O4/c1-24-42(43,44)23-60-37-35(47-24)30-19-27(7-9-31(30)52(2)40(37)59)48-41-46-21-26(20-45)38(50-41)56-17-15-54(16-18-56)22-25-11-13-55(14-12-25)32-6-4-5-28-34(51-53(3)36(28)32)29-8-10-33(57)49-39(29)58/h4-7,9,19,21,24-25,29,47H,8,10-18,22-23H2,1-3H3,(H,46,48,50)(H,49,57,58)/t24-,29?/m0/s1. The average molecular weight is 821 g/mol. The summed E-state index contributed by atoms with van der Waals surface area (Å²) in [5.41, 5.74) is 3.99. The normalized spacial score (nSPS) is 21.2. The monoisotopic (exact) mass is 820 g/mol. The fraction of sp³-hybridized carbons (Fsp3) is 0.452. The third kappa shape index (κ3) is 7.10. The molecule has 0 aliphatic carbocycles. The number of nitrogens with zero attached hydrogens (tertiary/aromatic N) is 9. The molecule has 9 rings (SSSR count). The number of piperazine rings is 1. The van der Waals surface area contributed by atoms with Crippen LogP contribution in [0.5, 0.6) is 5.75 Å². The first kappa shape index (κ1) is 39.1. The van der Waals surface area contributed by atoms with Gasteiger partial charge in [0, 0.05) is 82.8 Å². The van der Waals surface area contributed by atoms with E-state index in [0.29, 0.717) is 59.8 Å². The van der Waals surface area contributed by atoms with Crippen molar-refractivity contribution >= 4 is 62.4 Å². The number of pyridine rings is 1. The number of ether oxygens (including phenoxy) is 1. The molecule has 0 saturated carbocycles. The van der Waals surface area contributed by atoms with E-state index in [9.17, 15) is 28.4 Å². The Morgan fingerprint density at radius 2 is 1.78 bits per heavy atom. The van der Waals surface area contributed by atoms with E-state index in [1.807, 2.05) is 23.9 Å². The molecule has 3 saturated heterocycles. The highest BCUT2D eigenvalue weighted by atomic mass is 19.3. The van der Waals surface area contributed by atoms with Gasteiger partial charge in [-0.3, -0.25) is 29.3 Å². The highest BCUT2D eigenvalue weighted by Gasteiger charge is 2.41. The number of carbonyl (C=O) groups excluding carboxylic acids is 2. The fourth-order valence-electron chi connectivity index (χ4n) is 9.05. The fourth-order valence-corrected chi connectivity index (χ4v) is 9.05. The summed E-state index contributed by atoms with van der Waals surface area (Å²) in [6, 6.07) is 12.4. The maximum absolute atomic E-state index is 14.6. The lowest BCUT2D eigenvalue weighted by Gasteiger charge is -2.40. The van der Waals surface area contributed by atoms with Gasteiger partial charge in [0.15, 0.2) is 12.4 Å². The van der Waals surface area contributed by atoms with Crippen LogP contribution >= 0.6 is 0 Å². The molecule has 5 aromatic rings. The summed E-state index contributed by atoms with van der Waals surface area (Å²) in [5, 5.41) is 24.7. The number of amides is 2. The second-order valence-electron chi connectivity index (χ2n) is 16.3. The SMILES string of the molecule is C[C@@H]1Nc2c(c(=O)n(C)c3ccc(Nc4ncc(C#N)c(N5CCN(CC6CCN(c7cccc8c(C9CCC(=O)NC9=O)nn(C)c78)CC6)CC5)n4)cc23)OCC1(F)F. The summed E-state index contributed by atoms with van der Waals surface area (Å²) < 4.78 is 37.8. The number of aryl methyl sites for hydroxylation is 2. The molecule has 1 unspecified atom stereocenters. The van der Waals surface area contributed by atoms with Crippen LogP contribution in [0, 0.1) is 17.2 Å². The smallest absolute Gasteiger partial charge is 0.300 e. The Hall–Kier alpha value is -6.35. The van der Waals surface area contributed by atoms with Crippen LogP contribution in [0.1, 0.15) is 49.8 Å². The number of aromatic nitrogens is 5. The van der Waals surface area contributed by atoms with Crippen molar-refractivity contribution in [1.82, 2.24) is 34.5 Å². The summed E-state index contributed by atoms with van der Waals surface area (Å²) in [4.78, 5) is 53.7. The number of benzene rings is 2. The molecule has 3 aromatic heterocycles. The number of rotatable bonds is 7. The number of halogens is 2. The summed E-state index contributed by atoms with van der Waals surface area (Å²) >= 11 is 0. The largest absolute Gasteiger partial charge is 0.480 e. The molecule has 0 radical (unpaired) electrons. The zero-order valence-electron chi connectivity index (χ0n) is 33.7. The molecule has 2 amide bonds. The summed E-state index contributed by atoms with van der Waals surface area (Å²) in [7, 11) is 3.49. The number of carbonyl (C=O) groups is 2. The number of nitriles is 1. The number of hydrogen-bond donors (Lipinski definition) is 3. The van der Waals surface area contributed by atoms with E-state index in [1.54, 1.807) is 25.2 Å². The predicted octanol–water partition coefficient (Wildman–Crippen LogP) is 4.22. The summed E-state index contributed by atoms with van der Waals surface area (Å²) in [6.45, 7) is 6.24. The van der Waals surface area contributed by atoms with Crippen molar-refractivity contribution in [1.29, 1.82) is 5.26 Å². The molecular formula is C42H46F2N12O4. The first-order valence-corrected chi connectivity index (χ1v) is 20.4. The Kier molecular flexibility index (Phi) is 10.0. The lowest BCUT2D eigenvalue weighted by molar-refractivity contribution is -0.134. The van der Waals surface area contributed by atoms with Crippen LogP contribution in [-0.4, -0.2) is 105 Å². The number of alkyl halides is 2. The molecule has 0 spiro atoms. The third-order valence-corrected chi connectivity index (χ3v) is 12.5. The van der Waals surface area contributed by atoms with Crippen molar-refractivity contribution < 1.29 is 23.1 Å². The average Bonchev–Trinajstić information content (AvgIpc) is 3.52. The summed E-state index contributed by atoms with van der Waals surface area (Å²) in [6.07, 6.45) is 4.35. The number of hydrogen-bond acceptors (Lipinski definition) is 13. The zero-order chi connectivity index (χ0) is 41.9. The van der Waals surface area contributed by atoms with Crippen molar-refractivity contribution in [2.45, 2.75) is 50.5 Å². The van der Waals surface area contributed by atoms with E-state index in [0.717, 1.165) is 67.8 Å². The number of anilines is 5. The molecule has 4 aliphatic heterocycles. The number of piperidine rings is 2. The van der Waals surface area contributed by atoms with Crippen LogP contribution in [0.25, 0.3) is 21.8 Å². The van der Waals surface area contributed by atoms with Gasteiger partial charge in [0.05, 0.1) is 46.3 Å². The van der Waals surface area contributed by atoms with Crippen molar-refractivity contribution in [3.8, 4) is 11.8 Å². The van der Waals surface area contributed by atoms with Crippen molar-refractivity contribution in [3.05, 3.63) is 64.2 Å². The number of imide groups is 1. The molecule has 2 atom stereocenters. The molecule has 312 valence electrons. The summed E-state index contributed by atoms with van der Waals surface area (Å²) in [5.74, 6) is -2.97. The van der Waals surface area contributed by atoms with Crippen LogP contribution in [0.3, 0.4) is 0 Å². The van der Waals surface area contributed by atoms with Crippen molar-refractivity contribution in [2.75, 3.05) is 72.9 Å². The molecular weight excluding hydrogens is 775 g/mol. The van der Waals surface area contributed by atoms with Gasteiger partial charge in [0.1, 0.15) is 11.6 Å². The minimum absolute atomic E-state index is 0.158. The second-order valence-corrected chi connectivity index (χ2v) is 16.3. The highest BCUT2D eigenvalue weighted by molar-refractivity contribution is 6.03. The molecule has 18 heteroatoms. The predicted molar refractivity (Wildman–Crippen MR) is 222 cm³/mol. The zero-order valence-corrected chi connectivity index (χ0v) is 33.7. The number of nitrogens with one attached hydrogen (secondary N) is 3. The molecule has 60 heavy (non-hydrogen) atoms. The molecule has 2 aromatic carbocycles. The Labute approximate surface area is 344 Å². The van der Waals surface area contributed by atoms with Crippen molar-refractivity contribution in [2.24, 2.45) is 20.0 Å². The van der Waals surface area contributed by atoms with Crippen LogP contribution in [-0.2, 0) is 23.7 Å². The van der Waals surface area contributed by atoms with Gasteiger partial charge in [-0.05, 0) is 56.4 Å². The van der Waals surface area contributed by atoms with Gasteiger partial charge in [-0.25, -0.2) is 13.8 Å². The van der Waals surface area contributed by atoms with Crippen molar-refractivity contribution in [3.63, 3.8) is 0 Å². The minimum atomic E-state index is -3.19. The van der Waals surface area contributed by atoms with Gasteiger partial charge in [-0.2, -0.15) is 15.3 Å². The first-order valence-electron chi connectivity index (χ1n) is 20.4. The highest BCUT2D eigenvalue weighted by Crippen LogP contribution is 2.39. The molecule has 0 bridgehead atoms.